The van der Waals surface area contributed by atoms with Crippen molar-refractivity contribution in [1.82, 2.24) is 19.8 Å². The molecule has 6 atom stereocenters. The molecule has 0 N–H and O–H groups in total. The maximum Gasteiger partial charge on any atom is 0.410 e. The Kier molecular flexibility index (Phi) is 14.8. The van der Waals surface area contributed by atoms with Gasteiger partial charge in [-0.25, -0.2) is 9.59 Å². The van der Waals surface area contributed by atoms with E-state index in [1.54, 1.807) is 29.1 Å². The lowest BCUT2D eigenvalue weighted by Gasteiger charge is -2.41. The third-order valence-corrected chi connectivity index (χ3v) is 9.69. The first-order chi connectivity index (χ1) is 25.5. The minimum absolute atomic E-state index is 0.0744. The van der Waals surface area contributed by atoms with Crippen molar-refractivity contribution in [2.45, 2.75) is 130 Å². The van der Waals surface area contributed by atoms with Gasteiger partial charge in [0.25, 0.3) is 0 Å². The van der Waals surface area contributed by atoms with E-state index in [0.717, 1.165) is 49.8 Å². The smallest absolute Gasteiger partial charge is 0.410 e. The van der Waals surface area contributed by atoms with Gasteiger partial charge in [0, 0.05) is 32.4 Å². The first-order valence-electron chi connectivity index (χ1n) is 19.4. The lowest BCUT2D eigenvalue weighted by atomic mass is 10.1. The molecule has 0 spiro atoms. The molecule has 2 aliphatic heterocycles. The predicted octanol–water partition coefficient (Wildman–Crippen LogP) is 8.31. The Hall–Kier alpha value is -4.35. The monoisotopic (exact) mass is 750 g/mol. The van der Waals surface area contributed by atoms with Crippen molar-refractivity contribution < 1.29 is 38.1 Å². The van der Waals surface area contributed by atoms with E-state index in [1.165, 1.54) is 30.9 Å². The van der Waals surface area contributed by atoms with Crippen LogP contribution in [-0.4, -0.2) is 94.1 Å². The van der Waals surface area contributed by atoms with Crippen molar-refractivity contribution in [1.29, 1.82) is 0 Å². The molecule has 2 aliphatic carbocycles. The van der Waals surface area contributed by atoms with Gasteiger partial charge in [0.15, 0.2) is 0 Å². The van der Waals surface area contributed by atoms with Crippen LogP contribution in [0.3, 0.4) is 0 Å². The summed E-state index contributed by atoms with van der Waals surface area (Å²) in [6.45, 7) is 23.4. The SMILES string of the molecule is C=C[C@@H]1C[C@H]1c1cncc(OC[C@@H]2CCN2C(=O)OC(C)(C)C)c1.CCOC(C)=O.CC[C@@H]1C[C@H]1c1cncc(OC[C@@H]2CCN2C(=O)OC(C)(C)C)c1. The van der Waals surface area contributed by atoms with Gasteiger partial charge in [-0.15, -0.1) is 6.58 Å². The molecule has 6 rings (SSSR count). The number of carbonyl (C=O) groups is 3. The molecule has 2 aromatic heterocycles. The highest BCUT2D eigenvalue weighted by molar-refractivity contribution is 5.70. The van der Waals surface area contributed by atoms with Gasteiger partial charge in [-0.3, -0.25) is 14.8 Å². The van der Waals surface area contributed by atoms with E-state index in [4.69, 9.17) is 18.9 Å². The van der Waals surface area contributed by atoms with Crippen LogP contribution < -0.4 is 9.47 Å². The van der Waals surface area contributed by atoms with E-state index < -0.39 is 11.2 Å². The Morgan fingerprint density at radius 1 is 0.778 bits per heavy atom. The summed E-state index contributed by atoms with van der Waals surface area (Å²) in [6.07, 6.45) is 14.3. The Morgan fingerprint density at radius 2 is 1.26 bits per heavy atom. The number of carbonyl (C=O) groups excluding carboxylic acids is 3. The highest BCUT2D eigenvalue weighted by atomic mass is 16.6. The van der Waals surface area contributed by atoms with Crippen molar-refractivity contribution >= 4 is 18.2 Å². The molecule has 2 aromatic rings. The quantitative estimate of drug-likeness (QED) is 0.126. The second-order valence-corrected chi connectivity index (χ2v) is 16.4. The molecular weight excluding hydrogens is 688 g/mol. The fourth-order valence-corrected chi connectivity index (χ4v) is 6.34. The van der Waals surface area contributed by atoms with E-state index in [2.05, 4.69) is 40.3 Å². The number of pyridine rings is 2. The zero-order valence-corrected chi connectivity index (χ0v) is 33.8. The van der Waals surface area contributed by atoms with Gasteiger partial charge in [-0.2, -0.15) is 0 Å². The number of ether oxygens (including phenoxy) is 5. The van der Waals surface area contributed by atoms with Crippen LogP contribution in [0.1, 0.15) is 117 Å². The molecule has 54 heavy (non-hydrogen) atoms. The molecule has 0 aromatic carbocycles. The van der Waals surface area contributed by atoms with Gasteiger partial charge in [-0.05, 0) is 121 Å². The number of hydrogen-bond donors (Lipinski definition) is 0. The van der Waals surface area contributed by atoms with Crippen molar-refractivity contribution in [2.24, 2.45) is 11.8 Å². The van der Waals surface area contributed by atoms with Crippen molar-refractivity contribution in [3.63, 3.8) is 0 Å². The molecule has 4 aliphatic rings. The Balaban J connectivity index is 0.000000209. The number of esters is 1. The Morgan fingerprint density at radius 3 is 1.57 bits per heavy atom. The standard InChI is InChI=1S/C19H28N2O3.C19H26N2O3.C4H8O2/c2*1-5-13-9-17(13)14-8-16(11-20-10-14)23-12-15-6-7-21(15)18(22)24-19(2,3)4;1-3-6-4(2)5/h8,10-11,13,15,17H,5-7,9,12H2,1-4H3;5,8,10-11,13,15,17H,1,6-7,9,12H2,2-4H3;3H2,1-2H3/t2*13-,15+,17-;/m11./s1. The number of rotatable bonds is 11. The Labute approximate surface area is 321 Å². The zero-order chi connectivity index (χ0) is 39.6. The van der Waals surface area contributed by atoms with Crippen LogP contribution in [0.15, 0.2) is 49.6 Å². The number of allylic oxidation sites excluding steroid dienone is 1. The summed E-state index contributed by atoms with van der Waals surface area (Å²) in [7, 11) is 0. The number of amides is 2. The van der Waals surface area contributed by atoms with Crippen molar-refractivity contribution in [3.05, 3.63) is 60.7 Å². The van der Waals surface area contributed by atoms with Gasteiger partial charge in [0.1, 0.15) is 35.9 Å². The van der Waals surface area contributed by atoms with E-state index in [1.807, 2.05) is 60.0 Å². The maximum atomic E-state index is 12.1. The largest absolute Gasteiger partial charge is 0.490 e. The van der Waals surface area contributed by atoms with Crippen LogP contribution in [-0.2, 0) is 19.0 Å². The molecule has 12 heteroatoms. The van der Waals surface area contributed by atoms with Crippen LogP contribution in [0.25, 0.3) is 0 Å². The van der Waals surface area contributed by atoms with Gasteiger partial charge >= 0.3 is 18.2 Å². The molecule has 0 radical (unpaired) electrons. The summed E-state index contributed by atoms with van der Waals surface area (Å²) in [6, 6.07) is 4.32. The lowest BCUT2D eigenvalue weighted by Crippen LogP contribution is -2.55. The van der Waals surface area contributed by atoms with E-state index in [0.29, 0.717) is 37.6 Å². The highest BCUT2D eigenvalue weighted by Crippen LogP contribution is 2.50. The molecule has 2 saturated carbocycles. The molecule has 298 valence electrons. The Bertz CT molecular complexity index is 1570. The average molecular weight is 751 g/mol. The fourth-order valence-electron chi connectivity index (χ4n) is 6.34. The molecule has 2 amide bonds. The van der Waals surface area contributed by atoms with Crippen molar-refractivity contribution in [2.75, 3.05) is 32.9 Å². The molecule has 4 heterocycles. The van der Waals surface area contributed by atoms with E-state index >= 15 is 0 Å². The zero-order valence-electron chi connectivity index (χ0n) is 33.8. The number of likely N-dealkylation sites (tertiary alicyclic amines) is 2. The summed E-state index contributed by atoms with van der Waals surface area (Å²) < 4.78 is 27.0. The average Bonchev–Trinajstić information content (AvgIpc) is 3.98. The second-order valence-electron chi connectivity index (χ2n) is 16.4. The van der Waals surface area contributed by atoms with Crippen LogP contribution >= 0.6 is 0 Å². The topological polar surface area (TPSA) is 130 Å². The van der Waals surface area contributed by atoms with E-state index in [9.17, 15) is 14.4 Å². The minimum Gasteiger partial charge on any atom is -0.490 e. The third-order valence-electron chi connectivity index (χ3n) is 9.69. The van der Waals surface area contributed by atoms with Crippen LogP contribution in [0, 0.1) is 11.8 Å². The summed E-state index contributed by atoms with van der Waals surface area (Å²) in [5.74, 6) is 3.89. The molecular formula is C42H62N4O8. The second kappa shape index (κ2) is 18.8. The molecule has 2 saturated heterocycles. The van der Waals surface area contributed by atoms with E-state index in [-0.39, 0.29) is 30.2 Å². The number of aromatic nitrogens is 2. The van der Waals surface area contributed by atoms with Gasteiger partial charge in [0.2, 0.25) is 0 Å². The first kappa shape index (κ1) is 42.4. The lowest BCUT2D eigenvalue weighted by molar-refractivity contribution is -0.140. The fraction of sp³-hybridized carbons (Fsp3) is 0.643. The molecule has 0 unspecified atom stereocenters. The van der Waals surface area contributed by atoms with Gasteiger partial charge in [0.05, 0.1) is 31.1 Å². The number of hydrogen-bond acceptors (Lipinski definition) is 10. The van der Waals surface area contributed by atoms with Crippen LogP contribution in [0.2, 0.25) is 0 Å². The van der Waals surface area contributed by atoms with Gasteiger partial charge in [-0.1, -0.05) is 19.4 Å². The normalized spacial score (nSPS) is 23.7. The highest BCUT2D eigenvalue weighted by Gasteiger charge is 2.39. The minimum atomic E-state index is -0.470. The summed E-state index contributed by atoms with van der Waals surface area (Å²) in [4.78, 5) is 46.1. The molecule has 12 nitrogen and oxygen atoms in total. The van der Waals surface area contributed by atoms with Crippen LogP contribution in [0.5, 0.6) is 11.5 Å². The van der Waals surface area contributed by atoms with Crippen molar-refractivity contribution in [3.8, 4) is 11.5 Å². The molecule has 4 fully saturated rings. The summed E-state index contributed by atoms with van der Waals surface area (Å²) in [5, 5.41) is 0. The maximum absolute atomic E-state index is 12.1. The summed E-state index contributed by atoms with van der Waals surface area (Å²) in [5.41, 5.74) is 1.55. The third kappa shape index (κ3) is 13.2. The predicted molar refractivity (Wildman–Crippen MR) is 207 cm³/mol. The molecule has 0 bridgehead atoms. The summed E-state index contributed by atoms with van der Waals surface area (Å²) >= 11 is 0. The first-order valence-corrected chi connectivity index (χ1v) is 19.4. The number of nitrogens with zero attached hydrogens (tertiary/aromatic N) is 4. The van der Waals surface area contributed by atoms with Crippen LogP contribution in [0.4, 0.5) is 9.59 Å². The van der Waals surface area contributed by atoms with Gasteiger partial charge < -0.3 is 33.5 Å².